The minimum Gasteiger partial charge on any atom is -0.509 e. The van der Waals surface area contributed by atoms with E-state index in [0.29, 0.717) is 5.69 Å². The molecular formula is C23H25BrF2N4O3. The monoisotopic (exact) mass is 522 g/mol. The van der Waals surface area contributed by atoms with Gasteiger partial charge in [0.05, 0.1) is 18.3 Å². The van der Waals surface area contributed by atoms with Gasteiger partial charge < -0.3 is 10.4 Å². The number of hydrazine groups is 1. The molecule has 0 unspecified atom stereocenters. The Balaban J connectivity index is 2.03. The van der Waals surface area contributed by atoms with Gasteiger partial charge in [0.15, 0.2) is 11.6 Å². The van der Waals surface area contributed by atoms with Gasteiger partial charge in [-0.1, -0.05) is 32.9 Å². The number of hydrogen-bond acceptors (Lipinski definition) is 5. The van der Waals surface area contributed by atoms with Crippen LogP contribution >= 0.6 is 15.9 Å². The first-order chi connectivity index (χ1) is 15.3. The molecule has 0 radical (unpaired) electrons. The molecule has 1 aliphatic heterocycles. The molecule has 7 nitrogen and oxygen atoms in total. The zero-order valence-electron chi connectivity index (χ0n) is 18.9. The van der Waals surface area contributed by atoms with Gasteiger partial charge in [0.25, 0.3) is 11.8 Å². The standard InChI is InChI=1S/C23H25BrF2N4O3/c1-12-14(24)9-10-16(27-12)28-21(32)17-19(31)20(23(2,3)4)29(5)30(22(17)33)11-13-7-6-8-15(25)18(13)26/h6-10,20,31H,11H2,1-5H3,(H,27,28,32)/t20-/m1/s1. The lowest BCUT2D eigenvalue weighted by molar-refractivity contribution is -0.158. The second-order valence-corrected chi connectivity index (χ2v) is 9.75. The molecule has 33 heavy (non-hydrogen) atoms. The van der Waals surface area contributed by atoms with E-state index in [0.717, 1.165) is 15.5 Å². The largest absolute Gasteiger partial charge is 0.509 e. The minimum absolute atomic E-state index is 0.0609. The first-order valence-corrected chi connectivity index (χ1v) is 11.0. The fourth-order valence-corrected chi connectivity index (χ4v) is 4.05. The number of nitrogens with zero attached hydrogens (tertiary/aromatic N) is 3. The maximum absolute atomic E-state index is 14.3. The lowest BCUT2D eigenvalue weighted by atomic mass is 9.82. The van der Waals surface area contributed by atoms with E-state index in [-0.39, 0.29) is 17.9 Å². The highest BCUT2D eigenvalue weighted by molar-refractivity contribution is 9.10. The molecule has 176 valence electrons. The molecule has 0 fully saturated rings. The molecule has 0 bridgehead atoms. The van der Waals surface area contributed by atoms with E-state index < -0.39 is 46.2 Å². The van der Waals surface area contributed by atoms with Gasteiger partial charge in [0.2, 0.25) is 0 Å². The fraction of sp³-hybridized carbons (Fsp3) is 0.348. The van der Waals surface area contributed by atoms with E-state index in [9.17, 15) is 23.5 Å². The average molecular weight is 523 g/mol. The SMILES string of the molecule is Cc1nc(NC(=O)C2=C(O)[C@H](C(C)(C)C)N(C)N(Cc3cccc(F)c3F)C2=O)ccc1Br. The molecule has 1 aromatic heterocycles. The molecule has 1 aromatic carbocycles. The molecule has 2 aromatic rings. The van der Waals surface area contributed by atoms with Gasteiger partial charge in [-0.05, 0) is 46.5 Å². The molecule has 0 saturated carbocycles. The van der Waals surface area contributed by atoms with Crippen molar-refractivity contribution in [2.75, 3.05) is 12.4 Å². The van der Waals surface area contributed by atoms with Crippen molar-refractivity contribution in [3.05, 3.63) is 69.0 Å². The van der Waals surface area contributed by atoms with Crippen molar-refractivity contribution >= 4 is 33.6 Å². The second-order valence-electron chi connectivity index (χ2n) is 8.90. The molecule has 0 aliphatic carbocycles. The Labute approximate surface area is 199 Å². The van der Waals surface area contributed by atoms with E-state index in [4.69, 9.17) is 0 Å². The Morgan fingerprint density at radius 2 is 1.91 bits per heavy atom. The van der Waals surface area contributed by atoms with Crippen LogP contribution in [0.1, 0.15) is 32.0 Å². The quantitative estimate of drug-likeness (QED) is 0.578. The highest BCUT2D eigenvalue weighted by Crippen LogP contribution is 2.36. The van der Waals surface area contributed by atoms with E-state index in [2.05, 4.69) is 26.2 Å². The second kappa shape index (κ2) is 9.18. The average Bonchev–Trinajstić information content (AvgIpc) is 2.70. The summed E-state index contributed by atoms with van der Waals surface area (Å²) in [5, 5.41) is 16.1. The third kappa shape index (κ3) is 4.91. The fourth-order valence-electron chi connectivity index (χ4n) is 3.83. The van der Waals surface area contributed by atoms with Gasteiger partial charge in [-0.2, -0.15) is 0 Å². The predicted molar refractivity (Wildman–Crippen MR) is 123 cm³/mol. The van der Waals surface area contributed by atoms with Gasteiger partial charge in [-0.25, -0.2) is 18.8 Å². The van der Waals surface area contributed by atoms with E-state index >= 15 is 0 Å². The number of aliphatic hydroxyl groups is 1. The maximum atomic E-state index is 14.3. The Morgan fingerprint density at radius 1 is 1.24 bits per heavy atom. The number of carbonyl (C=O) groups is 2. The number of anilines is 1. The zero-order valence-corrected chi connectivity index (χ0v) is 20.5. The molecule has 2 heterocycles. The van der Waals surface area contributed by atoms with Gasteiger partial charge in [0, 0.05) is 17.1 Å². The van der Waals surface area contributed by atoms with E-state index in [1.165, 1.54) is 17.1 Å². The van der Waals surface area contributed by atoms with Crippen LogP contribution in [0.4, 0.5) is 14.6 Å². The highest BCUT2D eigenvalue weighted by atomic mass is 79.9. The summed E-state index contributed by atoms with van der Waals surface area (Å²) in [5.41, 5.74) is -0.533. The molecule has 10 heteroatoms. The normalized spacial score (nSPS) is 17.5. The summed E-state index contributed by atoms with van der Waals surface area (Å²) >= 11 is 3.33. The first-order valence-electron chi connectivity index (χ1n) is 10.2. The molecule has 1 aliphatic rings. The lowest BCUT2D eigenvalue weighted by Gasteiger charge is -2.46. The summed E-state index contributed by atoms with van der Waals surface area (Å²) in [6.45, 7) is 6.90. The number of aryl methyl sites for hydroxylation is 1. The summed E-state index contributed by atoms with van der Waals surface area (Å²) in [5.74, 6) is -4.02. The van der Waals surface area contributed by atoms with Gasteiger partial charge in [-0.15, -0.1) is 0 Å². The van der Waals surface area contributed by atoms with Gasteiger partial charge in [-0.3, -0.25) is 14.6 Å². The lowest BCUT2D eigenvalue weighted by Crippen LogP contribution is -2.59. The number of benzene rings is 1. The molecule has 1 atom stereocenters. The zero-order chi connectivity index (χ0) is 24.7. The van der Waals surface area contributed by atoms with Gasteiger partial charge in [0.1, 0.15) is 17.2 Å². The third-order valence-corrected chi connectivity index (χ3v) is 6.22. The molecule has 3 rings (SSSR count). The molecule has 2 amide bonds. The van der Waals surface area contributed by atoms with Crippen molar-refractivity contribution in [2.45, 2.75) is 40.3 Å². The summed E-state index contributed by atoms with van der Waals surface area (Å²) < 4.78 is 28.8. The smallest absolute Gasteiger partial charge is 0.277 e. The van der Waals surface area contributed by atoms with E-state index in [1.54, 1.807) is 26.1 Å². The first kappa shape index (κ1) is 24.8. The van der Waals surface area contributed by atoms with Crippen molar-refractivity contribution in [1.82, 2.24) is 15.0 Å². The minimum atomic E-state index is -1.08. The molecular weight excluding hydrogens is 498 g/mol. The van der Waals surface area contributed by atoms with Crippen molar-refractivity contribution in [3.63, 3.8) is 0 Å². The summed E-state index contributed by atoms with van der Waals surface area (Å²) in [7, 11) is 1.55. The van der Waals surface area contributed by atoms with Crippen molar-refractivity contribution in [1.29, 1.82) is 0 Å². The van der Waals surface area contributed by atoms with Crippen LogP contribution in [0.2, 0.25) is 0 Å². The van der Waals surface area contributed by atoms with Crippen molar-refractivity contribution in [3.8, 4) is 0 Å². The number of aromatic nitrogens is 1. The van der Waals surface area contributed by atoms with Crippen LogP contribution in [0.15, 0.2) is 46.1 Å². The Hall–Kier alpha value is -2.85. The van der Waals surface area contributed by atoms with Gasteiger partial charge >= 0.3 is 0 Å². The number of amides is 2. The van der Waals surface area contributed by atoms with Crippen LogP contribution in [0.25, 0.3) is 0 Å². The number of hydrogen-bond donors (Lipinski definition) is 2. The van der Waals surface area contributed by atoms with E-state index in [1.807, 2.05) is 20.8 Å². The summed E-state index contributed by atoms with van der Waals surface area (Å²) in [6.07, 6.45) is 0. The number of pyridine rings is 1. The van der Waals surface area contributed by atoms with Crippen LogP contribution in [0, 0.1) is 24.0 Å². The van der Waals surface area contributed by atoms with Crippen LogP contribution in [-0.4, -0.2) is 45.0 Å². The summed E-state index contributed by atoms with van der Waals surface area (Å²) in [4.78, 5) is 30.7. The number of rotatable bonds is 4. The number of aliphatic hydroxyl groups excluding tert-OH is 1. The van der Waals surface area contributed by atoms with Crippen molar-refractivity contribution in [2.24, 2.45) is 5.41 Å². The van der Waals surface area contributed by atoms with Crippen LogP contribution in [0.3, 0.4) is 0 Å². The maximum Gasteiger partial charge on any atom is 0.277 e. The van der Waals surface area contributed by atoms with Crippen LogP contribution < -0.4 is 5.32 Å². The molecule has 0 saturated heterocycles. The molecule has 0 spiro atoms. The topological polar surface area (TPSA) is 85.8 Å². The van der Waals surface area contributed by atoms with Crippen LogP contribution in [-0.2, 0) is 16.1 Å². The van der Waals surface area contributed by atoms with Crippen molar-refractivity contribution < 1.29 is 23.5 Å². The molecule has 2 N–H and O–H groups in total. The number of carbonyl (C=O) groups excluding carboxylic acids is 2. The third-order valence-electron chi connectivity index (χ3n) is 5.38. The number of halogens is 3. The van der Waals surface area contributed by atoms with Crippen LogP contribution in [0.5, 0.6) is 0 Å². The Bertz CT molecular complexity index is 1150. The highest BCUT2D eigenvalue weighted by Gasteiger charge is 2.46. The Kier molecular flexibility index (Phi) is 6.90. The number of nitrogens with one attached hydrogen (secondary N) is 1. The predicted octanol–water partition coefficient (Wildman–Crippen LogP) is 4.49. The summed E-state index contributed by atoms with van der Waals surface area (Å²) in [6, 6.07) is 6.14. The number of likely N-dealkylation sites (N-methyl/N-ethyl adjacent to an activating group) is 1. The Morgan fingerprint density at radius 3 is 2.52 bits per heavy atom.